The first kappa shape index (κ1) is 24.1. The maximum absolute atomic E-state index is 14.1. The third-order valence-corrected chi connectivity index (χ3v) is 11.7. The minimum Gasteiger partial charge on any atom is -0.469 e. The normalized spacial score (nSPS) is 46.4. The summed E-state index contributed by atoms with van der Waals surface area (Å²) in [5, 5.41) is 0. The summed E-state index contributed by atoms with van der Waals surface area (Å²) in [5.41, 5.74) is 2.09. The van der Waals surface area contributed by atoms with Crippen molar-refractivity contribution >= 4 is 11.8 Å². The molecule has 3 saturated carbocycles. The van der Waals surface area contributed by atoms with Crippen LogP contribution in [0.4, 0.5) is 0 Å². The van der Waals surface area contributed by atoms with Crippen LogP contribution in [-0.4, -0.2) is 18.9 Å². The molecule has 3 fully saturated rings. The standard InChI is InChI=1S/C31H44O3/c1-19-9-12-30(7)23(28(19,4)5)11-13-29(6)20-10-14-31(26(33)34-8)16-15-27(2,3)18-21(31)25(20)22(32)17-24(29)30/h9,12,17,20-21,23,25H,1,10-11,13-16,18H2,2-8H3. The number of hydrogen-bond acceptors (Lipinski definition) is 3. The van der Waals surface area contributed by atoms with Crippen molar-refractivity contribution in [1.29, 1.82) is 0 Å². The van der Waals surface area contributed by atoms with Gasteiger partial charge in [0, 0.05) is 11.3 Å². The highest BCUT2D eigenvalue weighted by Crippen LogP contribution is 2.70. The predicted octanol–water partition coefficient (Wildman–Crippen LogP) is 7.08. The molecule has 0 aromatic carbocycles. The predicted molar refractivity (Wildman–Crippen MR) is 136 cm³/mol. The molecule has 5 aliphatic rings. The number of rotatable bonds is 1. The van der Waals surface area contributed by atoms with E-state index in [1.165, 1.54) is 18.3 Å². The van der Waals surface area contributed by atoms with E-state index in [-0.39, 0.29) is 45.2 Å². The van der Waals surface area contributed by atoms with E-state index >= 15 is 0 Å². The number of hydrogen-bond donors (Lipinski definition) is 0. The van der Waals surface area contributed by atoms with Gasteiger partial charge in [0.25, 0.3) is 0 Å². The van der Waals surface area contributed by atoms with Crippen molar-refractivity contribution in [1.82, 2.24) is 0 Å². The van der Waals surface area contributed by atoms with Gasteiger partial charge in [0.1, 0.15) is 0 Å². The van der Waals surface area contributed by atoms with Crippen LogP contribution in [-0.2, 0) is 14.3 Å². The molecule has 3 heteroatoms. The molecular weight excluding hydrogens is 420 g/mol. The van der Waals surface area contributed by atoms with Gasteiger partial charge in [-0.1, -0.05) is 65.8 Å². The first-order valence-corrected chi connectivity index (χ1v) is 13.5. The van der Waals surface area contributed by atoms with Gasteiger partial charge in [-0.3, -0.25) is 9.59 Å². The van der Waals surface area contributed by atoms with Gasteiger partial charge < -0.3 is 4.74 Å². The highest BCUT2D eigenvalue weighted by atomic mass is 16.5. The monoisotopic (exact) mass is 464 g/mol. The van der Waals surface area contributed by atoms with Crippen LogP contribution in [0.25, 0.3) is 0 Å². The van der Waals surface area contributed by atoms with Gasteiger partial charge in [-0.2, -0.15) is 0 Å². The molecule has 5 rings (SSSR count). The van der Waals surface area contributed by atoms with Crippen molar-refractivity contribution in [2.45, 2.75) is 86.5 Å². The van der Waals surface area contributed by atoms with Crippen LogP contribution >= 0.6 is 0 Å². The summed E-state index contributed by atoms with van der Waals surface area (Å²) in [4.78, 5) is 27.4. The molecule has 7 unspecified atom stereocenters. The Balaban J connectivity index is 1.63. The molecule has 0 saturated heterocycles. The smallest absolute Gasteiger partial charge is 0.312 e. The molecule has 0 heterocycles. The van der Waals surface area contributed by atoms with E-state index in [0.717, 1.165) is 44.9 Å². The molecule has 0 aliphatic heterocycles. The number of allylic oxidation sites excluding steroid dienone is 5. The fourth-order valence-electron chi connectivity index (χ4n) is 9.62. The Bertz CT molecular complexity index is 1010. The first-order valence-electron chi connectivity index (χ1n) is 13.5. The van der Waals surface area contributed by atoms with Crippen LogP contribution in [0.3, 0.4) is 0 Å². The van der Waals surface area contributed by atoms with Gasteiger partial charge in [0.05, 0.1) is 12.5 Å². The van der Waals surface area contributed by atoms with Gasteiger partial charge >= 0.3 is 5.97 Å². The lowest BCUT2D eigenvalue weighted by molar-refractivity contribution is -0.178. The summed E-state index contributed by atoms with van der Waals surface area (Å²) in [6.45, 7) is 18.4. The van der Waals surface area contributed by atoms with Gasteiger partial charge in [-0.05, 0) is 90.6 Å². The molecule has 0 spiro atoms. The third kappa shape index (κ3) is 2.94. The largest absolute Gasteiger partial charge is 0.469 e. The molecule has 5 aliphatic carbocycles. The molecule has 7 atom stereocenters. The minimum atomic E-state index is -0.492. The van der Waals surface area contributed by atoms with Crippen LogP contribution < -0.4 is 0 Å². The molecule has 34 heavy (non-hydrogen) atoms. The average Bonchev–Trinajstić information content (AvgIpc) is 2.76. The number of carbonyl (C=O) groups is 2. The number of esters is 1. The van der Waals surface area contributed by atoms with Crippen LogP contribution in [0.15, 0.2) is 36.0 Å². The highest BCUT2D eigenvalue weighted by molar-refractivity contribution is 5.96. The van der Waals surface area contributed by atoms with Crippen molar-refractivity contribution in [2.75, 3.05) is 7.11 Å². The van der Waals surface area contributed by atoms with Crippen molar-refractivity contribution in [3.63, 3.8) is 0 Å². The fourth-order valence-corrected chi connectivity index (χ4v) is 9.62. The van der Waals surface area contributed by atoms with Gasteiger partial charge in [-0.25, -0.2) is 0 Å². The number of carbonyl (C=O) groups excluding carboxylic acids is 2. The Labute approximate surface area is 206 Å². The van der Waals surface area contributed by atoms with E-state index in [1.54, 1.807) is 0 Å². The number of ketones is 1. The molecule has 0 bridgehead atoms. The number of methoxy groups -OCH3 is 1. The van der Waals surface area contributed by atoms with Crippen LogP contribution in [0.5, 0.6) is 0 Å². The Hall–Kier alpha value is -1.64. The number of fused-ring (bicyclic) bond motifs is 7. The van der Waals surface area contributed by atoms with Gasteiger partial charge in [0.15, 0.2) is 5.78 Å². The van der Waals surface area contributed by atoms with Crippen molar-refractivity contribution in [2.24, 2.45) is 50.7 Å². The highest BCUT2D eigenvalue weighted by Gasteiger charge is 2.66. The molecule has 0 aromatic rings. The quantitative estimate of drug-likeness (QED) is 0.389. The third-order valence-electron chi connectivity index (χ3n) is 11.7. The van der Waals surface area contributed by atoms with Crippen molar-refractivity contribution in [3.05, 3.63) is 36.0 Å². The summed E-state index contributed by atoms with van der Waals surface area (Å²) in [6, 6.07) is 0. The summed E-state index contributed by atoms with van der Waals surface area (Å²) in [7, 11) is 1.52. The topological polar surface area (TPSA) is 43.4 Å². The molecular formula is C31H44O3. The summed E-state index contributed by atoms with van der Waals surface area (Å²) < 4.78 is 5.40. The van der Waals surface area contributed by atoms with Gasteiger partial charge in [-0.15, -0.1) is 0 Å². The van der Waals surface area contributed by atoms with Gasteiger partial charge in [0.2, 0.25) is 0 Å². The zero-order chi connectivity index (χ0) is 24.9. The van der Waals surface area contributed by atoms with Crippen LogP contribution in [0, 0.1) is 50.7 Å². The maximum atomic E-state index is 14.1. The second-order valence-corrected chi connectivity index (χ2v) is 14.1. The van der Waals surface area contributed by atoms with Crippen molar-refractivity contribution in [3.8, 4) is 0 Å². The minimum absolute atomic E-state index is 0.00715. The lowest BCUT2D eigenvalue weighted by Gasteiger charge is -2.65. The average molecular weight is 465 g/mol. The Morgan fingerprint density at radius 1 is 1.00 bits per heavy atom. The van der Waals surface area contributed by atoms with Crippen molar-refractivity contribution < 1.29 is 14.3 Å². The zero-order valence-electron chi connectivity index (χ0n) is 22.4. The summed E-state index contributed by atoms with van der Waals surface area (Å²) >= 11 is 0. The van der Waals surface area contributed by atoms with E-state index in [2.05, 4.69) is 66.3 Å². The van der Waals surface area contributed by atoms with E-state index in [0.29, 0.717) is 11.8 Å². The zero-order valence-corrected chi connectivity index (χ0v) is 22.4. The lowest BCUT2D eigenvalue weighted by Crippen LogP contribution is -2.61. The van der Waals surface area contributed by atoms with Crippen LogP contribution in [0.1, 0.15) is 86.5 Å². The molecule has 3 nitrogen and oxygen atoms in total. The molecule has 0 radical (unpaired) electrons. The Kier molecular flexibility index (Phi) is 5.10. The molecule has 0 aromatic heterocycles. The van der Waals surface area contributed by atoms with E-state index in [9.17, 15) is 9.59 Å². The molecule has 186 valence electrons. The maximum Gasteiger partial charge on any atom is 0.312 e. The molecule has 0 amide bonds. The van der Waals surface area contributed by atoms with E-state index < -0.39 is 5.41 Å². The lowest BCUT2D eigenvalue weighted by atomic mass is 9.38. The first-order chi connectivity index (χ1) is 15.7. The summed E-state index contributed by atoms with van der Waals surface area (Å²) in [5.74, 6) is 0.949. The van der Waals surface area contributed by atoms with E-state index in [4.69, 9.17) is 4.74 Å². The summed E-state index contributed by atoms with van der Waals surface area (Å²) in [6.07, 6.45) is 13.5. The number of ether oxygens (including phenoxy) is 1. The molecule has 0 N–H and O–H groups in total. The SMILES string of the molecule is C=C1C=CC2(C)C3=CC(=O)C4C(CCC5(C(=O)OC)CCC(C)(C)CC45)C3(C)CCC2C1(C)C. The Morgan fingerprint density at radius 3 is 2.38 bits per heavy atom. The Morgan fingerprint density at radius 2 is 1.71 bits per heavy atom. The van der Waals surface area contributed by atoms with E-state index in [1.807, 2.05) is 0 Å². The fraction of sp³-hybridized carbons (Fsp3) is 0.742. The van der Waals surface area contributed by atoms with Crippen LogP contribution in [0.2, 0.25) is 0 Å². The second-order valence-electron chi connectivity index (χ2n) is 14.1. The second kappa shape index (κ2) is 7.20.